The highest BCUT2D eigenvalue weighted by atomic mass is 127. The van der Waals surface area contributed by atoms with E-state index < -0.39 is 18.4 Å². The molecule has 1 fully saturated rings. The number of methoxy groups -OCH3 is 1. The summed E-state index contributed by atoms with van der Waals surface area (Å²) in [5.41, 5.74) is 0.699. The SMILES string of the molecule is C#CCOc1c(I)cc(/C=C2\SC(=S)N(CC(=O)O)C2=O)cc1OC. The summed E-state index contributed by atoms with van der Waals surface area (Å²) < 4.78 is 11.8. The van der Waals surface area contributed by atoms with Crippen molar-refractivity contribution >= 4 is 68.8 Å². The van der Waals surface area contributed by atoms with E-state index >= 15 is 0 Å². The number of carbonyl (C=O) groups excluding carboxylic acids is 1. The number of aliphatic carboxylic acids is 1. The van der Waals surface area contributed by atoms with Gasteiger partial charge in [-0.3, -0.25) is 14.5 Å². The smallest absolute Gasteiger partial charge is 0.323 e. The van der Waals surface area contributed by atoms with Crippen LogP contribution in [0.25, 0.3) is 6.08 Å². The number of benzene rings is 1. The molecule has 1 saturated heterocycles. The number of rotatable bonds is 6. The molecular formula is C16H12INO5S2. The van der Waals surface area contributed by atoms with Gasteiger partial charge < -0.3 is 14.6 Å². The van der Waals surface area contributed by atoms with Crippen molar-refractivity contribution in [1.29, 1.82) is 0 Å². The fraction of sp³-hybridized carbons (Fsp3) is 0.188. The van der Waals surface area contributed by atoms with Crippen LogP contribution in [-0.4, -0.2) is 46.5 Å². The van der Waals surface area contributed by atoms with E-state index in [1.807, 2.05) is 0 Å². The van der Waals surface area contributed by atoms with Crippen LogP contribution in [0.3, 0.4) is 0 Å². The molecule has 1 N–H and O–H groups in total. The van der Waals surface area contributed by atoms with Crippen LogP contribution in [0.15, 0.2) is 17.0 Å². The largest absolute Gasteiger partial charge is 0.493 e. The third-order valence-electron chi connectivity index (χ3n) is 3.02. The van der Waals surface area contributed by atoms with Crippen molar-refractivity contribution in [2.24, 2.45) is 0 Å². The summed E-state index contributed by atoms with van der Waals surface area (Å²) in [6, 6.07) is 3.51. The molecule has 1 aliphatic rings. The van der Waals surface area contributed by atoms with E-state index in [9.17, 15) is 9.59 Å². The molecule has 130 valence electrons. The summed E-state index contributed by atoms with van der Waals surface area (Å²) in [4.78, 5) is 24.5. The lowest BCUT2D eigenvalue weighted by atomic mass is 10.2. The summed E-state index contributed by atoms with van der Waals surface area (Å²) in [6.07, 6.45) is 6.84. The summed E-state index contributed by atoms with van der Waals surface area (Å²) in [7, 11) is 1.50. The fourth-order valence-electron chi connectivity index (χ4n) is 2.00. The molecule has 1 amide bonds. The van der Waals surface area contributed by atoms with Gasteiger partial charge in [0.1, 0.15) is 17.5 Å². The van der Waals surface area contributed by atoms with Crippen molar-refractivity contribution in [2.75, 3.05) is 20.3 Å². The molecule has 1 aromatic carbocycles. The van der Waals surface area contributed by atoms with Gasteiger partial charge in [-0.05, 0) is 46.4 Å². The number of thiocarbonyl (C=S) groups is 1. The Morgan fingerprint density at radius 2 is 2.28 bits per heavy atom. The second-order valence-corrected chi connectivity index (χ2v) is 7.53. The van der Waals surface area contributed by atoms with E-state index in [0.29, 0.717) is 22.0 Å². The number of carboxylic acids is 1. The van der Waals surface area contributed by atoms with Crippen molar-refractivity contribution in [2.45, 2.75) is 0 Å². The molecule has 0 unspecified atom stereocenters. The van der Waals surface area contributed by atoms with E-state index in [1.165, 1.54) is 7.11 Å². The molecule has 25 heavy (non-hydrogen) atoms. The van der Waals surface area contributed by atoms with Gasteiger partial charge in [0.2, 0.25) is 0 Å². The summed E-state index contributed by atoms with van der Waals surface area (Å²) in [6.45, 7) is -0.346. The van der Waals surface area contributed by atoms with E-state index in [2.05, 4.69) is 28.5 Å². The predicted octanol–water partition coefficient (Wildman–Crippen LogP) is 2.60. The molecule has 6 nitrogen and oxygen atoms in total. The number of terminal acetylenes is 1. The first-order chi connectivity index (χ1) is 11.9. The molecule has 0 saturated carbocycles. The van der Waals surface area contributed by atoms with Crippen molar-refractivity contribution < 1.29 is 24.2 Å². The van der Waals surface area contributed by atoms with Gasteiger partial charge in [0.25, 0.3) is 5.91 Å². The van der Waals surface area contributed by atoms with Gasteiger partial charge in [0.15, 0.2) is 11.5 Å². The molecule has 0 bridgehead atoms. The third-order valence-corrected chi connectivity index (χ3v) is 5.20. The van der Waals surface area contributed by atoms with Crippen LogP contribution >= 0.6 is 46.6 Å². The number of hydrogen-bond acceptors (Lipinski definition) is 6. The van der Waals surface area contributed by atoms with Crippen molar-refractivity contribution in [1.82, 2.24) is 4.90 Å². The Bertz CT molecular complexity index is 815. The second kappa shape index (κ2) is 8.55. The average molecular weight is 489 g/mol. The number of thioether (sulfide) groups is 1. The molecule has 0 atom stereocenters. The molecular weight excluding hydrogens is 477 g/mol. The van der Waals surface area contributed by atoms with Crippen molar-refractivity contribution in [3.8, 4) is 23.8 Å². The van der Waals surface area contributed by atoms with Crippen LogP contribution < -0.4 is 9.47 Å². The molecule has 1 heterocycles. The van der Waals surface area contributed by atoms with Crippen LogP contribution in [0, 0.1) is 15.9 Å². The number of carboxylic acid groups (broad SMARTS) is 1. The summed E-state index contributed by atoms with van der Waals surface area (Å²) >= 11 is 8.21. The van der Waals surface area contributed by atoms with E-state index in [1.54, 1.807) is 18.2 Å². The third kappa shape index (κ3) is 4.65. The molecule has 2 rings (SSSR count). The maximum absolute atomic E-state index is 12.3. The number of hydrogen-bond donors (Lipinski definition) is 1. The number of nitrogens with zero attached hydrogens (tertiary/aromatic N) is 1. The van der Waals surface area contributed by atoms with E-state index in [4.69, 9.17) is 33.2 Å². The number of halogens is 1. The van der Waals surface area contributed by atoms with Crippen LogP contribution in [0.5, 0.6) is 11.5 Å². The Morgan fingerprint density at radius 1 is 1.56 bits per heavy atom. The molecule has 1 aliphatic heterocycles. The summed E-state index contributed by atoms with van der Waals surface area (Å²) in [5.74, 6) is 1.84. The zero-order chi connectivity index (χ0) is 18.6. The zero-order valence-electron chi connectivity index (χ0n) is 12.9. The number of ether oxygens (including phenoxy) is 2. The van der Waals surface area contributed by atoms with Gasteiger partial charge in [0, 0.05) is 0 Å². The zero-order valence-corrected chi connectivity index (χ0v) is 16.7. The Morgan fingerprint density at radius 3 is 2.88 bits per heavy atom. The Labute approximate surface area is 167 Å². The van der Waals surface area contributed by atoms with Gasteiger partial charge in [-0.1, -0.05) is 29.9 Å². The minimum atomic E-state index is -1.12. The number of carbonyl (C=O) groups is 2. The van der Waals surface area contributed by atoms with Crippen LogP contribution in [-0.2, 0) is 9.59 Å². The normalized spacial score (nSPS) is 15.4. The number of amides is 1. The van der Waals surface area contributed by atoms with Crippen LogP contribution in [0.4, 0.5) is 0 Å². The van der Waals surface area contributed by atoms with Gasteiger partial charge in [-0.15, -0.1) is 6.42 Å². The van der Waals surface area contributed by atoms with Crippen molar-refractivity contribution in [3.63, 3.8) is 0 Å². The first kappa shape index (κ1) is 19.6. The van der Waals surface area contributed by atoms with Gasteiger partial charge in [-0.2, -0.15) is 0 Å². The van der Waals surface area contributed by atoms with E-state index in [-0.39, 0.29) is 10.9 Å². The maximum atomic E-state index is 12.3. The molecule has 0 aliphatic carbocycles. The highest BCUT2D eigenvalue weighted by Crippen LogP contribution is 2.37. The molecule has 0 spiro atoms. The standard InChI is InChI=1S/C16H12INO5S2/c1-3-4-23-14-10(17)5-9(6-11(14)22-2)7-12-15(21)18(8-13(19)20)16(24)25-12/h1,5-7H,4,8H2,2H3,(H,19,20)/b12-7-. The minimum Gasteiger partial charge on any atom is -0.493 e. The molecule has 9 heteroatoms. The Balaban J connectivity index is 2.34. The first-order valence-corrected chi connectivity index (χ1v) is 9.08. The second-order valence-electron chi connectivity index (χ2n) is 4.69. The Kier molecular flexibility index (Phi) is 6.69. The van der Waals surface area contributed by atoms with Gasteiger partial charge in [0.05, 0.1) is 15.6 Å². The molecule has 0 radical (unpaired) electrons. The lowest BCUT2D eigenvalue weighted by molar-refractivity contribution is -0.140. The fourth-order valence-corrected chi connectivity index (χ4v) is 4.04. The van der Waals surface area contributed by atoms with Crippen LogP contribution in [0.2, 0.25) is 0 Å². The highest BCUT2D eigenvalue weighted by molar-refractivity contribution is 14.1. The van der Waals surface area contributed by atoms with Gasteiger partial charge >= 0.3 is 5.97 Å². The van der Waals surface area contributed by atoms with Crippen LogP contribution in [0.1, 0.15) is 5.56 Å². The predicted molar refractivity (Wildman–Crippen MR) is 108 cm³/mol. The van der Waals surface area contributed by atoms with Gasteiger partial charge in [-0.25, -0.2) is 0 Å². The average Bonchev–Trinajstić information content (AvgIpc) is 2.80. The quantitative estimate of drug-likeness (QED) is 0.285. The first-order valence-electron chi connectivity index (χ1n) is 6.78. The lowest BCUT2D eigenvalue weighted by Gasteiger charge is -2.12. The minimum absolute atomic E-state index is 0.111. The monoisotopic (exact) mass is 489 g/mol. The summed E-state index contributed by atoms with van der Waals surface area (Å²) in [5, 5.41) is 8.86. The molecule has 0 aromatic heterocycles. The molecule has 1 aromatic rings. The topological polar surface area (TPSA) is 76.1 Å². The lowest BCUT2D eigenvalue weighted by Crippen LogP contribution is -2.33. The van der Waals surface area contributed by atoms with E-state index in [0.717, 1.165) is 20.2 Å². The Hall–Kier alpha value is -1.77. The van der Waals surface area contributed by atoms with Crippen molar-refractivity contribution in [3.05, 3.63) is 26.2 Å². The maximum Gasteiger partial charge on any atom is 0.323 e. The highest BCUT2D eigenvalue weighted by Gasteiger charge is 2.33.